The van der Waals surface area contributed by atoms with Gasteiger partial charge in [0.2, 0.25) is 0 Å². The molecule has 0 saturated heterocycles. The average Bonchev–Trinajstić information content (AvgIpc) is 2.90. The number of benzene rings is 1. The van der Waals surface area contributed by atoms with E-state index in [1.54, 1.807) is 11.3 Å². The second kappa shape index (κ2) is 6.77. The van der Waals surface area contributed by atoms with Crippen molar-refractivity contribution in [1.82, 2.24) is 4.98 Å². The third-order valence-electron chi connectivity index (χ3n) is 4.93. The van der Waals surface area contributed by atoms with Crippen LogP contribution in [0.1, 0.15) is 39.8 Å². The second-order valence-corrected chi connectivity index (χ2v) is 7.79. The largest absolute Gasteiger partial charge is 0.366 e. The summed E-state index contributed by atoms with van der Waals surface area (Å²) < 4.78 is 0. The maximum atomic E-state index is 12.2. The first-order valence-corrected chi connectivity index (χ1v) is 9.18. The second-order valence-electron chi connectivity index (χ2n) is 6.71. The molecule has 0 bridgehead atoms. The maximum absolute atomic E-state index is 12.2. The zero-order valence-electron chi connectivity index (χ0n) is 14.3. The highest BCUT2D eigenvalue weighted by molar-refractivity contribution is 7.19. The fourth-order valence-corrected chi connectivity index (χ4v) is 5.22. The number of primary amides is 1. The lowest BCUT2D eigenvalue weighted by Crippen LogP contribution is -2.16. The number of thiophene rings is 1. The van der Waals surface area contributed by atoms with Crippen LogP contribution in [0.3, 0.4) is 0 Å². The molecule has 1 unspecified atom stereocenters. The molecule has 1 aromatic carbocycles. The molecule has 0 fully saturated rings. The highest BCUT2D eigenvalue weighted by atomic mass is 35.5. The lowest BCUT2D eigenvalue weighted by Gasteiger charge is -2.19. The summed E-state index contributed by atoms with van der Waals surface area (Å²) >= 11 is 1.78. The van der Waals surface area contributed by atoms with Gasteiger partial charge in [-0.15, -0.1) is 23.7 Å². The molecule has 5 heteroatoms. The number of pyridine rings is 1. The van der Waals surface area contributed by atoms with Gasteiger partial charge in [0.05, 0.1) is 11.3 Å². The van der Waals surface area contributed by atoms with Crippen molar-refractivity contribution in [3.05, 3.63) is 52.0 Å². The van der Waals surface area contributed by atoms with E-state index in [1.165, 1.54) is 16.9 Å². The fraction of sp³-hybridized carbons (Fsp3) is 0.300. The molecule has 3 nitrogen and oxygen atoms in total. The topological polar surface area (TPSA) is 56.0 Å². The number of aromatic nitrogens is 1. The minimum atomic E-state index is -0.398. The number of rotatable bonds is 2. The quantitative estimate of drug-likeness (QED) is 0.694. The van der Waals surface area contributed by atoms with Crippen LogP contribution in [0, 0.1) is 12.8 Å². The van der Waals surface area contributed by atoms with Crippen LogP contribution in [0.2, 0.25) is 0 Å². The first-order chi connectivity index (χ1) is 11.6. The van der Waals surface area contributed by atoms with Gasteiger partial charge < -0.3 is 5.73 Å². The summed E-state index contributed by atoms with van der Waals surface area (Å²) in [5.41, 5.74) is 10.4. The van der Waals surface area contributed by atoms with Gasteiger partial charge in [-0.25, -0.2) is 4.98 Å². The number of aryl methyl sites for hydroxylation is 2. The van der Waals surface area contributed by atoms with E-state index in [0.29, 0.717) is 11.5 Å². The van der Waals surface area contributed by atoms with Crippen LogP contribution in [-0.4, -0.2) is 10.9 Å². The van der Waals surface area contributed by atoms with Crippen molar-refractivity contribution in [3.8, 4) is 11.1 Å². The summed E-state index contributed by atoms with van der Waals surface area (Å²) in [6.07, 6.45) is 3.35. The molecule has 1 atom stereocenters. The molecule has 1 aliphatic carbocycles. The summed E-state index contributed by atoms with van der Waals surface area (Å²) in [6.45, 7) is 4.19. The molecule has 0 spiro atoms. The lowest BCUT2D eigenvalue weighted by molar-refractivity contribution is 0.1000. The third kappa shape index (κ3) is 2.94. The molecule has 2 aromatic heterocycles. The van der Waals surface area contributed by atoms with E-state index in [2.05, 4.69) is 19.1 Å². The molecule has 25 heavy (non-hydrogen) atoms. The molecule has 130 valence electrons. The minimum absolute atomic E-state index is 0. The number of hydrogen-bond acceptors (Lipinski definition) is 3. The first kappa shape index (κ1) is 17.9. The Morgan fingerprint density at radius 1 is 1.28 bits per heavy atom. The number of carbonyl (C=O) groups is 1. The van der Waals surface area contributed by atoms with Crippen molar-refractivity contribution in [2.75, 3.05) is 0 Å². The summed E-state index contributed by atoms with van der Waals surface area (Å²) in [6, 6.07) is 10.1. The normalized spacial score (nSPS) is 16.3. The Labute approximate surface area is 157 Å². The van der Waals surface area contributed by atoms with Crippen molar-refractivity contribution < 1.29 is 4.79 Å². The van der Waals surface area contributed by atoms with Gasteiger partial charge in [0, 0.05) is 15.8 Å². The zero-order valence-corrected chi connectivity index (χ0v) is 16.0. The molecule has 0 radical (unpaired) electrons. The number of carbonyl (C=O) groups excluding carboxylic acids is 1. The smallest absolute Gasteiger partial charge is 0.251 e. The Balaban J connectivity index is 0.00000182. The first-order valence-electron chi connectivity index (χ1n) is 8.36. The van der Waals surface area contributed by atoms with Gasteiger partial charge in [-0.05, 0) is 43.2 Å². The molecule has 4 rings (SSSR count). The summed E-state index contributed by atoms with van der Waals surface area (Å²) in [5.74, 6) is 0.312. The van der Waals surface area contributed by atoms with Crippen LogP contribution >= 0.6 is 23.7 Å². The monoisotopic (exact) mass is 372 g/mol. The van der Waals surface area contributed by atoms with Crippen molar-refractivity contribution in [1.29, 1.82) is 0 Å². The SMILES string of the molecule is Cc1nc2sc3c(c2c(-c2ccccc2)c1C(N)=O)CCC(C)C3.Cl. The van der Waals surface area contributed by atoms with Crippen molar-refractivity contribution in [2.45, 2.75) is 33.1 Å². The number of hydrogen-bond donors (Lipinski definition) is 1. The van der Waals surface area contributed by atoms with E-state index in [0.717, 1.165) is 39.9 Å². The molecule has 1 amide bonds. The maximum Gasteiger partial charge on any atom is 0.251 e. The Morgan fingerprint density at radius 3 is 2.68 bits per heavy atom. The van der Waals surface area contributed by atoms with E-state index in [-0.39, 0.29) is 12.4 Å². The molecule has 2 heterocycles. The Kier molecular flexibility index (Phi) is 4.85. The van der Waals surface area contributed by atoms with Crippen LogP contribution < -0.4 is 5.73 Å². The highest BCUT2D eigenvalue weighted by Crippen LogP contribution is 2.43. The Bertz CT molecular complexity index is 949. The predicted octanol–water partition coefficient (Wildman–Crippen LogP) is 4.92. The fourth-order valence-electron chi connectivity index (χ4n) is 3.78. The standard InChI is InChI=1S/C20H20N2OS.ClH/c1-11-8-9-14-15(10-11)24-20-18(14)17(13-6-4-3-5-7-13)16(19(21)23)12(2)22-20;/h3-7,11H,8-10H2,1-2H3,(H2,21,23);1H. The number of nitrogens with two attached hydrogens (primary N) is 1. The number of nitrogens with zero attached hydrogens (tertiary/aromatic N) is 1. The summed E-state index contributed by atoms with van der Waals surface area (Å²) in [7, 11) is 0. The minimum Gasteiger partial charge on any atom is -0.366 e. The van der Waals surface area contributed by atoms with Crippen molar-refractivity contribution in [3.63, 3.8) is 0 Å². The van der Waals surface area contributed by atoms with Crippen molar-refractivity contribution in [2.24, 2.45) is 11.7 Å². The average molecular weight is 373 g/mol. The van der Waals surface area contributed by atoms with Gasteiger partial charge in [0.15, 0.2) is 0 Å². The lowest BCUT2D eigenvalue weighted by atomic mass is 9.86. The molecular weight excluding hydrogens is 352 g/mol. The van der Waals surface area contributed by atoms with E-state index in [9.17, 15) is 4.79 Å². The third-order valence-corrected chi connectivity index (χ3v) is 6.08. The van der Waals surface area contributed by atoms with Crippen LogP contribution in [0.5, 0.6) is 0 Å². The number of amides is 1. The molecule has 0 saturated carbocycles. The Morgan fingerprint density at radius 2 is 2.00 bits per heavy atom. The van der Waals surface area contributed by atoms with Crippen LogP contribution in [0.15, 0.2) is 30.3 Å². The Hall–Kier alpha value is -1.91. The van der Waals surface area contributed by atoms with Gasteiger partial charge >= 0.3 is 0 Å². The van der Waals surface area contributed by atoms with E-state index in [4.69, 9.17) is 10.7 Å². The summed E-state index contributed by atoms with van der Waals surface area (Å²) in [5, 5.41) is 1.15. The molecule has 3 aromatic rings. The van der Waals surface area contributed by atoms with Gasteiger partial charge in [0.25, 0.3) is 5.91 Å². The predicted molar refractivity (Wildman–Crippen MR) is 107 cm³/mol. The van der Waals surface area contributed by atoms with Gasteiger partial charge in [0.1, 0.15) is 4.83 Å². The van der Waals surface area contributed by atoms with E-state index in [1.807, 2.05) is 25.1 Å². The number of fused-ring (bicyclic) bond motifs is 3. The summed E-state index contributed by atoms with van der Waals surface area (Å²) in [4.78, 5) is 19.4. The van der Waals surface area contributed by atoms with Crippen LogP contribution in [0.4, 0.5) is 0 Å². The van der Waals surface area contributed by atoms with Crippen LogP contribution in [0.25, 0.3) is 21.3 Å². The van der Waals surface area contributed by atoms with E-state index < -0.39 is 5.91 Å². The zero-order chi connectivity index (χ0) is 16.8. The number of halogens is 1. The highest BCUT2D eigenvalue weighted by Gasteiger charge is 2.26. The molecule has 0 aliphatic heterocycles. The van der Waals surface area contributed by atoms with Gasteiger partial charge in [-0.3, -0.25) is 4.79 Å². The van der Waals surface area contributed by atoms with Crippen LogP contribution in [-0.2, 0) is 12.8 Å². The molecular formula is C20H21ClN2OS. The van der Waals surface area contributed by atoms with Gasteiger partial charge in [-0.1, -0.05) is 37.3 Å². The van der Waals surface area contributed by atoms with Crippen molar-refractivity contribution >= 4 is 39.9 Å². The van der Waals surface area contributed by atoms with Gasteiger partial charge in [-0.2, -0.15) is 0 Å². The molecule has 1 aliphatic rings. The van der Waals surface area contributed by atoms with E-state index >= 15 is 0 Å². The molecule has 2 N–H and O–H groups in total.